The van der Waals surface area contributed by atoms with Gasteiger partial charge in [0.15, 0.2) is 0 Å². The van der Waals surface area contributed by atoms with E-state index in [1.807, 2.05) is 61.5 Å². The molecular weight excluding hydrogens is 320 g/mol. The number of hydrogen-bond acceptors (Lipinski definition) is 3. The molecule has 1 aliphatic heterocycles. The smallest absolute Gasteiger partial charge is 0.127 e. The molecular formula is C20H17ClN2O. The molecule has 2 aromatic carbocycles. The Morgan fingerprint density at radius 1 is 1.12 bits per heavy atom. The molecule has 0 aromatic heterocycles. The maximum Gasteiger partial charge on any atom is 0.127 e. The summed E-state index contributed by atoms with van der Waals surface area (Å²) < 4.78 is 5.79. The highest BCUT2D eigenvalue weighted by molar-refractivity contribution is 6.66. The zero-order valence-electron chi connectivity index (χ0n) is 13.4. The zero-order chi connectivity index (χ0) is 16.9. The van der Waals surface area contributed by atoms with E-state index in [1.165, 1.54) is 0 Å². The summed E-state index contributed by atoms with van der Waals surface area (Å²) in [5.74, 6) is 1.49. The Hall–Kier alpha value is -2.57. The minimum atomic E-state index is -0.110. The molecule has 0 radical (unpaired) electrons. The van der Waals surface area contributed by atoms with Crippen LogP contribution in [0.4, 0.5) is 0 Å². The van der Waals surface area contributed by atoms with Gasteiger partial charge in [-0.3, -0.25) is 4.99 Å². The van der Waals surface area contributed by atoms with Crippen LogP contribution in [0.15, 0.2) is 70.7 Å². The van der Waals surface area contributed by atoms with E-state index in [-0.39, 0.29) is 5.92 Å². The van der Waals surface area contributed by atoms with Gasteiger partial charge >= 0.3 is 0 Å². The third-order valence-electron chi connectivity index (χ3n) is 4.03. The molecule has 2 aromatic rings. The van der Waals surface area contributed by atoms with Gasteiger partial charge in [0.05, 0.1) is 12.6 Å². The van der Waals surface area contributed by atoms with Gasteiger partial charge in [-0.1, -0.05) is 48.9 Å². The molecule has 1 aliphatic rings. The molecule has 0 aliphatic carbocycles. The second-order valence-corrected chi connectivity index (χ2v) is 6.11. The van der Waals surface area contributed by atoms with Crippen molar-refractivity contribution < 1.29 is 4.74 Å². The minimum absolute atomic E-state index is 0.110. The van der Waals surface area contributed by atoms with Crippen LogP contribution in [0.5, 0.6) is 11.5 Å². The topological polar surface area (TPSA) is 45.4 Å². The van der Waals surface area contributed by atoms with Crippen molar-refractivity contribution in [1.82, 2.24) is 0 Å². The van der Waals surface area contributed by atoms with Crippen molar-refractivity contribution in [2.45, 2.75) is 13.3 Å². The first-order valence-corrected chi connectivity index (χ1v) is 8.19. The fourth-order valence-corrected chi connectivity index (χ4v) is 2.86. The number of ether oxygens (including phenoxy) is 1. The number of para-hydroxylation sites is 1. The molecule has 1 heterocycles. The van der Waals surface area contributed by atoms with Crippen molar-refractivity contribution in [2.75, 3.05) is 6.54 Å². The van der Waals surface area contributed by atoms with E-state index < -0.39 is 0 Å². The molecule has 120 valence electrons. The summed E-state index contributed by atoms with van der Waals surface area (Å²) in [7, 11) is 0. The van der Waals surface area contributed by atoms with Gasteiger partial charge in [0, 0.05) is 11.5 Å². The minimum Gasteiger partial charge on any atom is -0.457 e. The number of halogens is 1. The summed E-state index contributed by atoms with van der Waals surface area (Å²) in [6, 6.07) is 19.9. The maximum atomic E-state index is 9.39. The Kier molecular flexibility index (Phi) is 4.98. The summed E-state index contributed by atoms with van der Waals surface area (Å²) in [4.78, 5) is 4.31. The largest absolute Gasteiger partial charge is 0.457 e. The number of dihydropyridines is 1. The van der Waals surface area contributed by atoms with E-state index in [1.54, 1.807) is 0 Å². The van der Waals surface area contributed by atoms with Crippen molar-refractivity contribution in [3.63, 3.8) is 0 Å². The fourth-order valence-electron chi connectivity index (χ4n) is 2.69. The summed E-state index contributed by atoms with van der Waals surface area (Å²) in [5, 5.41) is 9.91. The molecule has 0 fully saturated rings. The monoisotopic (exact) mass is 336 g/mol. The average Bonchev–Trinajstić information content (AvgIpc) is 2.61. The molecule has 3 nitrogen and oxygen atoms in total. The zero-order valence-corrected chi connectivity index (χ0v) is 14.1. The first-order chi connectivity index (χ1) is 11.7. The first kappa shape index (κ1) is 16.3. The van der Waals surface area contributed by atoms with Crippen LogP contribution in [0.2, 0.25) is 0 Å². The third-order valence-corrected chi connectivity index (χ3v) is 4.48. The number of nitriles is 1. The lowest BCUT2D eigenvalue weighted by molar-refractivity contribution is 0.482. The van der Waals surface area contributed by atoms with Crippen LogP contribution in [0.3, 0.4) is 0 Å². The van der Waals surface area contributed by atoms with Crippen molar-refractivity contribution in [2.24, 2.45) is 10.9 Å². The second-order valence-electron chi connectivity index (χ2n) is 5.73. The predicted molar refractivity (Wildman–Crippen MR) is 96.6 cm³/mol. The Morgan fingerprint density at radius 3 is 2.46 bits per heavy atom. The molecule has 1 atom stereocenters. The summed E-state index contributed by atoms with van der Waals surface area (Å²) in [6.45, 7) is 2.41. The van der Waals surface area contributed by atoms with E-state index in [9.17, 15) is 5.26 Å². The van der Waals surface area contributed by atoms with Crippen molar-refractivity contribution in [3.8, 4) is 17.6 Å². The maximum absolute atomic E-state index is 9.39. The molecule has 3 rings (SSSR count). The van der Waals surface area contributed by atoms with Crippen LogP contribution < -0.4 is 4.74 Å². The SMILES string of the molecule is CC1C(Cl)=NCC(Cc2ccc(Oc3ccccc3)cc2)=C1C#N. The van der Waals surface area contributed by atoms with Crippen LogP contribution >= 0.6 is 11.6 Å². The summed E-state index contributed by atoms with van der Waals surface area (Å²) in [5.41, 5.74) is 2.89. The Morgan fingerprint density at radius 2 is 1.79 bits per heavy atom. The Balaban J connectivity index is 1.73. The summed E-state index contributed by atoms with van der Waals surface area (Å²) >= 11 is 6.05. The van der Waals surface area contributed by atoms with Gasteiger partial charge in [-0.25, -0.2) is 0 Å². The Labute approximate surface area is 146 Å². The number of hydrogen-bond donors (Lipinski definition) is 0. The highest BCUT2D eigenvalue weighted by atomic mass is 35.5. The van der Waals surface area contributed by atoms with Crippen LogP contribution in [0.1, 0.15) is 12.5 Å². The highest BCUT2D eigenvalue weighted by Crippen LogP contribution is 2.27. The van der Waals surface area contributed by atoms with E-state index >= 15 is 0 Å². The van der Waals surface area contributed by atoms with Gasteiger partial charge in [-0.05, 0) is 41.8 Å². The van der Waals surface area contributed by atoms with Gasteiger partial charge in [-0.15, -0.1) is 0 Å². The first-order valence-electron chi connectivity index (χ1n) is 7.81. The van der Waals surface area contributed by atoms with Gasteiger partial charge in [0.2, 0.25) is 0 Å². The molecule has 0 N–H and O–H groups in total. The number of aliphatic imine (C=N–C) groups is 1. The third kappa shape index (κ3) is 3.67. The summed E-state index contributed by atoms with van der Waals surface area (Å²) in [6.07, 6.45) is 0.701. The highest BCUT2D eigenvalue weighted by Gasteiger charge is 2.22. The predicted octanol–water partition coefficient (Wildman–Crippen LogP) is 5.13. The van der Waals surface area contributed by atoms with Gasteiger partial charge < -0.3 is 4.74 Å². The molecule has 0 bridgehead atoms. The van der Waals surface area contributed by atoms with Crippen molar-refractivity contribution >= 4 is 16.8 Å². The van der Waals surface area contributed by atoms with Gasteiger partial charge in [0.25, 0.3) is 0 Å². The van der Waals surface area contributed by atoms with Gasteiger partial charge in [0.1, 0.15) is 16.7 Å². The number of allylic oxidation sites excluding steroid dienone is 1. The van der Waals surface area contributed by atoms with Crippen LogP contribution in [0.25, 0.3) is 0 Å². The molecule has 0 saturated heterocycles. The fraction of sp³-hybridized carbons (Fsp3) is 0.200. The normalized spacial score (nSPS) is 17.2. The number of benzene rings is 2. The molecule has 4 heteroatoms. The molecule has 0 spiro atoms. The van der Waals surface area contributed by atoms with Crippen LogP contribution in [-0.4, -0.2) is 11.7 Å². The molecule has 0 amide bonds. The van der Waals surface area contributed by atoms with Crippen LogP contribution in [-0.2, 0) is 6.42 Å². The number of nitrogens with zero attached hydrogens (tertiary/aromatic N) is 2. The molecule has 0 saturated carbocycles. The average molecular weight is 337 g/mol. The van der Waals surface area contributed by atoms with Crippen molar-refractivity contribution in [3.05, 3.63) is 71.3 Å². The van der Waals surface area contributed by atoms with Crippen molar-refractivity contribution in [1.29, 1.82) is 5.26 Å². The van der Waals surface area contributed by atoms with Gasteiger partial charge in [-0.2, -0.15) is 5.26 Å². The van der Waals surface area contributed by atoms with E-state index in [2.05, 4.69) is 11.1 Å². The van der Waals surface area contributed by atoms with E-state index in [4.69, 9.17) is 16.3 Å². The second kappa shape index (κ2) is 7.33. The lowest BCUT2D eigenvalue weighted by Crippen LogP contribution is -2.17. The van der Waals surface area contributed by atoms with E-state index in [0.717, 1.165) is 28.2 Å². The lowest BCUT2D eigenvalue weighted by Gasteiger charge is -2.19. The molecule has 1 unspecified atom stereocenters. The number of rotatable bonds is 4. The standard InChI is InChI=1S/C20H17ClN2O/c1-14-19(12-22)16(13-23-20(14)21)11-15-7-9-18(10-8-15)24-17-5-3-2-4-6-17/h2-10,14H,11,13H2,1H3. The van der Waals surface area contributed by atoms with Crippen LogP contribution in [0, 0.1) is 17.2 Å². The lowest BCUT2D eigenvalue weighted by atomic mass is 9.91. The van der Waals surface area contributed by atoms with E-state index in [0.29, 0.717) is 18.1 Å². The molecule has 24 heavy (non-hydrogen) atoms. The quantitative estimate of drug-likeness (QED) is 0.777. The Bertz CT molecular complexity index is 817.